The highest BCUT2D eigenvalue weighted by Gasteiger charge is 2.00. The maximum absolute atomic E-state index is 3.26. The van der Waals surface area contributed by atoms with E-state index in [0.717, 1.165) is 0 Å². The molecule has 0 atom stereocenters. The first-order valence-electron chi connectivity index (χ1n) is 4.28. The molecule has 0 heteroatoms. The normalized spacial score (nSPS) is 11.0. The van der Waals surface area contributed by atoms with Crippen LogP contribution in [0.15, 0.2) is 18.2 Å². The largest absolute Gasteiger partial charge is 0.0791 e. The van der Waals surface area contributed by atoms with Gasteiger partial charge in [0.05, 0.1) is 0 Å². The van der Waals surface area contributed by atoms with Crippen molar-refractivity contribution in [2.24, 2.45) is 0 Å². The molecule has 0 aliphatic carbocycles. The van der Waals surface area contributed by atoms with E-state index in [0.29, 0.717) is 0 Å². The molecule has 0 N–H and O–H groups in total. The number of allylic oxidation sites excluding steroid dienone is 1. The first kappa shape index (κ1) is 9.05. The van der Waals surface area contributed by atoms with Gasteiger partial charge in [0.25, 0.3) is 0 Å². The van der Waals surface area contributed by atoms with Crippen LogP contribution in [-0.4, -0.2) is 0 Å². The van der Waals surface area contributed by atoms with Crippen LogP contribution in [0, 0.1) is 26.8 Å². The Kier molecular flexibility index (Phi) is 2.69. The Morgan fingerprint density at radius 3 is 2.25 bits per heavy atom. The summed E-state index contributed by atoms with van der Waals surface area (Å²) in [6, 6.07) is 4.31. The Balaban J connectivity index is 3.32. The second-order valence-electron chi connectivity index (χ2n) is 3.13. The molecule has 0 unspecified atom stereocenters. The summed E-state index contributed by atoms with van der Waals surface area (Å²) in [6.07, 6.45) is 5.23. The number of benzene rings is 1. The molecule has 1 aromatic rings. The molecule has 1 rings (SSSR count). The van der Waals surface area contributed by atoms with E-state index in [9.17, 15) is 0 Å². The molecule has 0 heterocycles. The summed E-state index contributed by atoms with van der Waals surface area (Å²) in [4.78, 5) is 0. The first-order chi connectivity index (χ1) is 5.66. The Morgan fingerprint density at radius 1 is 1.08 bits per heavy atom. The van der Waals surface area contributed by atoms with Gasteiger partial charge in [0, 0.05) is 0 Å². The summed E-state index contributed by atoms with van der Waals surface area (Å²) in [6.45, 7) is 8.41. The predicted molar refractivity (Wildman–Crippen MR) is 53.2 cm³/mol. The molecule has 0 amide bonds. The summed E-state index contributed by atoms with van der Waals surface area (Å²) in [5.41, 5.74) is 5.23. The molecule has 0 aliphatic rings. The minimum Gasteiger partial charge on any atom is -0.0791 e. The highest BCUT2D eigenvalue weighted by atomic mass is 14.0. The van der Waals surface area contributed by atoms with Gasteiger partial charge in [0.1, 0.15) is 0 Å². The summed E-state index contributed by atoms with van der Waals surface area (Å²) >= 11 is 0. The average molecular weight is 159 g/mol. The standard InChI is InChI=1S/C12H15/c1-5-6-12-10(3)8-7-9(2)11(12)4/h5,7-8H,1-4H3. The van der Waals surface area contributed by atoms with Crippen molar-refractivity contribution >= 4 is 0 Å². The van der Waals surface area contributed by atoms with Crippen molar-refractivity contribution in [3.05, 3.63) is 46.5 Å². The van der Waals surface area contributed by atoms with Crippen molar-refractivity contribution in [2.75, 3.05) is 0 Å². The van der Waals surface area contributed by atoms with Gasteiger partial charge in [-0.15, -0.1) is 0 Å². The van der Waals surface area contributed by atoms with Gasteiger partial charge in [-0.1, -0.05) is 18.2 Å². The average Bonchev–Trinajstić information content (AvgIpc) is 2.06. The van der Waals surface area contributed by atoms with E-state index in [1.807, 2.05) is 13.0 Å². The molecule has 0 bridgehead atoms. The van der Waals surface area contributed by atoms with Crippen LogP contribution in [0.1, 0.15) is 29.2 Å². The van der Waals surface area contributed by atoms with Crippen molar-refractivity contribution < 1.29 is 0 Å². The van der Waals surface area contributed by atoms with Gasteiger partial charge in [-0.25, -0.2) is 0 Å². The lowest BCUT2D eigenvalue weighted by Crippen LogP contribution is -1.90. The van der Waals surface area contributed by atoms with Gasteiger partial charge in [0.15, 0.2) is 0 Å². The van der Waals surface area contributed by atoms with Crippen LogP contribution in [0.4, 0.5) is 0 Å². The van der Waals surface area contributed by atoms with Crippen LogP contribution in [0.25, 0.3) is 0 Å². The van der Waals surface area contributed by atoms with Crippen LogP contribution >= 0.6 is 0 Å². The zero-order chi connectivity index (χ0) is 9.14. The highest BCUT2D eigenvalue weighted by Crippen LogP contribution is 2.17. The lowest BCUT2D eigenvalue weighted by Gasteiger charge is -2.07. The number of rotatable bonds is 1. The molecular formula is C12H15. The van der Waals surface area contributed by atoms with Gasteiger partial charge in [-0.05, 0) is 56.0 Å². The van der Waals surface area contributed by atoms with Crippen molar-refractivity contribution in [1.29, 1.82) is 0 Å². The van der Waals surface area contributed by atoms with Crippen molar-refractivity contribution in [3.63, 3.8) is 0 Å². The minimum absolute atomic E-state index is 1.25. The Hall–Kier alpha value is -1.04. The molecule has 0 aliphatic heterocycles. The lowest BCUT2D eigenvalue weighted by molar-refractivity contribution is 1.25. The molecule has 1 aromatic carbocycles. The molecule has 0 saturated carbocycles. The van der Waals surface area contributed by atoms with Crippen LogP contribution in [0.5, 0.6) is 0 Å². The van der Waals surface area contributed by atoms with Gasteiger partial charge in [-0.2, -0.15) is 0 Å². The van der Waals surface area contributed by atoms with Crippen LogP contribution in [-0.2, 0) is 0 Å². The molecule has 0 aromatic heterocycles. The third-order valence-electron chi connectivity index (χ3n) is 2.23. The molecule has 1 radical (unpaired) electrons. The van der Waals surface area contributed by atoms with E-state index < -0.39 is 0 Å². The van der Waals surface area contributed by atoms with Gasteiger partial charge in [0.2, 0.25) is 0 Å². The third kappa shape index (κ3) is 1.58. The summed E-state index contributed by atoms with van der Waals surface area (Å²) in [5.74, 6) is 0. The van der Waals surface area contributed by atoms with E-state index in [2.05, 4.69) is 39.0 Å². The summed E-state index contributed by atoms with van der Waals surface area (Å²) < 4.78 is 0. The van der Waals surface area contributed by atoms with Crippen LogP contribution in [0.3, 0.4) is 0 Å². The number of hydrogen-bond donors (Lipinski definition) is 0. The van der Waals surface area contributed by atoms with Crippen molar-refractivity contribution in [3.8, 4) is 0 Å². The monoisotopic (exact) mass is 159 g/mol. The SMILES string of the molecule is C/C=[C]/c1c(C)ccc(C)c1C. The highest BCUT2D eigenvalue weighted by molar-refractivity contribution is 5.42. The van der Waals surface area contributed by atoms with Crippen LogP contribution in [0.2, 0.25) is 0 Å². The fourth-order valence-corrected chi connectivity index (χ4v) is 1.32. The first-order valence-corrected chi connectivity index (χ1v) is 4.28. The third-order valence-corrected chi connectivity index (χ3v) is 2.23. The molecule has 63 valence electrons. The number of hydrogen-bond acceptors (Lipinski definition) is 0. The lowest BCUT2D eigenvalue weighted by atomic mass is 9.98. The van der Waals surface area contributed by atoms with Crippen LogP contribution < -0.4 is 0 Å². The summed E-state index contributed by atoms with van der Waals surface area (Å²) in [5, 5.41) is 0. The van der Waals surface area contributed by atoms with Gasteiger partial charge >= 0.3 is 0 Å². The van der Waals surface area contributed by atoms with E-state index in [1.165, 1.54) is 22.3 Å². The topological polar surface area (TPSA) is 0 Å². The quantitative estimate of drug-likeness (QED) is 0.589. The molecule has 0 saturated heterocycles. The van der Waals surface area contributed by atoms with Crippen molar-refractivity contribution in [2.45, 2.75) is 27.7 Å². The molecule has 12 heavy (non-hydrogen) atoms. The Morgan fingerprint density at radius 2 is 1.67 bits per heavy atom. The minimum atomic E-state index is 1.25. The zero-order valence-corrected chi connectivity index (χ0v) is 8.23. The second kappa shape index (κ2) is 3.57. The fourth-order valence-electron chi connectivity index (χ4n) is 1.32. The Labute approximate surface area is 74.9 Å². The molecular weight excluding hydrogens is 144 g/mol. The molecule has 0 nitrogen and oxygen atoms in total. The summed E-state index contributed by atoms with van der Waals surface area (Å²) in [7, 11) is 0. The zero-order valence-electron chi connectivity index (χ0n) is 8.23. The maximum Gasteiger partial charge on any atom is -0.0120 e. The molecule has 0 fully saturated rings. The molecule has 0 spiro atoms. The number of aryl methyl sites for hydroxylation is 2. The van der Waals surface area contributed by atoms with Gasteiger partial charge in [-0.3, -0.25) is 0 Å². The van der Waals surface area contributed by atoms with Gasteiger partial charge < -0.3 is 0 Å². The Bertz CT molecular complexity index is 306. The fraction of sp³-hybridized carbons (Fsp3) is 0.333. The second-order valence-corrected chi connectivity index (χ2v) is 3.13. The van der Waals surface area contributed by atoms with Crippen molar-refractivity contribution in [1.82, 2.24) is 0 Å². The van der Waals surface area contributed by atoms with E-state index >= 15 is 0 Å². The van der Waals surface area contributed by atoms with E-state index in [1.54, 1.807) is 0 Å². The maximum atomic E-state index is 3.26. The predicted octanol–water partition coefficient (Wildman–Crippen LogP) is 3.34. The smallest absolute Gasteiger partial charge is 0.0120 e. The van der Waals surface area contributed by atoms with E-state index in [4.69, 9.17) is 0 Å². The van der Waals surface area contributed by atoms with E-state index in [-0.39, 0.29) is 0 Å².